The van der Waals surface area contributed by atoms with Crippen molar-refractivity contribution in [3.8, 4) is 5.75 Å². The highest BCUT2D eigenvalue weighted by Gasteiger charge is 1.99. The fraction of sp³-hybridized carbons (Fsp3) is 0.429. The summed E-state index contributed by atoms with van der Waals surface area (Å²) in [6.45, 7) is 1.86. The zero-order valence-corrected chi connectivity index (χ0v) is 6.85. The first kappa shape index (κ1) is 7.57. The van der Waals surface area contributed by atoms with Crippen LogP contribution in [-0.2, 0) is 4.74 Å². The van der Waals surface area contributed by atoms with Gasteiger partial charge in [0.15, 0.2) is 6.29 Å². The number of ether oxygens (including phenoxy) is 2. The average molecular weight is 158 g/mol. The SMILES string of the molecule is COC(C)Oc1ccsc1. The average Bonchev–Trinajstić information content (AvgIpc) is 2.40. The van der Waals surface area contributed by atoms with E-state index in [9.17, 15) is 0 Å². The maximum absolute atomic E-state index is 5.29. The van der Waals surface area contributed by atoms with Crippen LogP contribution in [0.25, 0.3) is 0 Å². The highest BCUT2D eigenvalue weighted by molar-refractivity contribution is 7.08. The molecule has 0 aliphatic rings. The van der Waals surface area contributed by atoms with E-state index >= 15 is 0 Å². The lowest BCUT2D eigenvalue weighted by Gasteiger charge is -2.09. The molecule has 0 amide bonds. The molecule has 56 valence electrons. The van der Waals surface area contributed by atoms with E-state index in [-0.39, 0.29) is 6.29 Å². The summed E-state index contributed by atoms with van der Waals surface area (Å²) in [6.07, 6.45) is -0.158. The van der Waals surface area contributed by atoms with Gasteiger partial charge in [-0.05, 0) is 18.4 Å². The fourth-order valence-electron chi connectivity index (χ4n) is 0.559. The van der Waals surface area contributed by atoms with Gasteiger partial charge in [-0.25, -0.2) is 0 Å². The molecule has 1 heterocycles. The van der Waals surface area contributed by atoms with Crippen molar-refractivity contribution >= 4 is 11.3 Å². The summed E-state index contributed by atoms with van der Waals surface area (Å²) in [5, 5.41) is 3.91. The maximum atomic E-state index is 5.29. The summed E-state index contributed by atoms with van der Waals surface area (Å²) in [4.78, 5) is 0. The molecule has 1 rings (SSSR count). The third-order valence-electron chi connectivity index (χ3n) is 1.13. The van der Waals surface area contributed by atoms with E-state index in [1.807, 2.05) is 23.8 Å². The molecule has 0 saturated carbocycles. The van der Waals surface area contributed by atoms with Gasteiger partial charge in [-0.2, -0.15) is 0 Å². The van der Waals surface area contributed by atoms with Crippen molar-refractivity contribution in [2.75, 3.05) is 7.11 Å². The largest absolute Gasteiger partial charge is 0.464 e. The van der Waals surface area contributed by atoms with Gasteiger partial charge in [0.1, 0.15) is 5.75 Å². The first-order valence-corrected chi connectivity index (χ1v) is 3.99. The van der Waals surface area contributed by atoms with Crippen LogP contribution >= 0.6 is 11.3 Å². The van der Waals surface area contributed by atoms with Gasteiger partial charge in [-0.15, -0.1) is 11.3 Å². The van der Waals surface area contributed by atoms with Crippen LogP contribution in [0.3, 0.4) is 0 Å². The number of hydrogen-bond donors (Lipinski definition) is 0. The van der Waals surface area contributed by atoms with E-state index in [2.05, 4.69) is 0 Å². The van der Waals surface area contributed by atoms with Gasteiger partial charge in [-0.1, -0.05) is 0 Å². The zero-order chi connectivity index (χ0) is 7.40. The van der Waals surface area contributed by atoms with Crippen LogP contribution in [0.5, 0.6) is 5.75 Å². The van der Waals surface area contributed by atoms with Gasteiger partial charge in [-0.3, -0.25) is 0 Å². The molecule has 0 saturated heterocycles. The maximum Gasteiger partial charge on any atom is 0.196 e. The Morgan fingerprint density at radius 1 is 1.60 bits per heavy atom. The summed E-state index contributed by atoms with van der Waals surface area (Å²) in [5.74, 6) is 0.874. The molecule has 0 aliphatic carbocycles. The molecule has 1 aromatic heterocycles. The van der Waals surface area contributed by atoms with Crippen molar-refractivity contribution < 1.29 is 9.47 Å². The predicted molar refractivity (Wildman–Crippen MR) is 41.4 cm³/mol. The number of methoxy groups -OCH3 is 1. The second kappa shape index (κ2) is 3.58. The lowest BCUT2D eigenvalue weighted by Crippen LogP contribution is -2.12. The third kappa shape index (κ3) is 2.01. The smallest absolute Gasteiger partial charge is 0.196 e. The first-order valence-electron chi connectivity index (χ1n) is 3.04. The van der Waals surface area contributed by atoms with Crippen LogP contribution < -0.4 is 4.74 Å². The Morgan fingerprint density at radius 2 is 2.40 bits per heavy atom. The minimum Gasteiger partial charge on any atom is -0.464 e. The molecule has 1 aromatic rings. The molecular weight excluding hydrogens is 148 g/mol. The molecule has 2 nitrogen and oxygen atoms in total. The summed E-state index contributed by atoms with van der Waals surface area (Å²) in [7, 11) is 1.62. The van der Waals surface area contributed by atoms with Crippen molar-refractivity contribution in [3.05, 3.63) is 16.8 Å². The highest BCUT2D eigenvalue weighted by Crippen LogP contribution is 2.16. The monoisotopic (exact) mass is 158 g/mol. The van der Waals surface area contributed by atoms with Crippen molar-refractivity contribution in [1.29, 1.82) is 0 Å². The molecule has 1 unspecified atom stereocenters. The molecule has 3 heteroatoms. The lowest BCUT2D eigenvalue weighted by molar-refractivity contribution is -0.0380. The normalized spacial score (nSPS) is 13.0. The molecule has 1 atom stereocenters. The van der Waals surface area contributed by atoms with Gasteiger partial charge in [0, 0.05) is 12.5 Å². The van der Waals surface area contributed by atoms with Crippen molar-refractivity contribution in [3.63, 3.8) is 0 Å². The Bertz CT molecular complexity index is 172. The molecule has 0 N–H and O–H groups in total. The minimum atomic E-state index is -0.158. The van der Waals surface area contributed by atoms with Gasteiger partial charge in [0.2, 0.25) is 0 Å². The van der Waals surface area contributed by atoms with E-state index < -0.39 is 0 Å². The zero-order valence-electron chi connectivity index (χ0n) is 6.03. The van der Waals surface area contributed by atoms with Crippen LogP contribution in [0.15, 0.2) is 16.8 Å². The minimum absolute atomic E-state index is 0.158. The quantitative estimate of drug-likeness (QED) is 0.627. The van der Waals surface area contributed by atoms with Gasteiger partial charge >= 0.3 is 0 Å². The molecule has 0 spiro atoms. The second-order valence-corrected chi connectivity index (χ2v) is 2.66. The predicted octanol–water partition coefficient (Wildman–Crippen LogP) is 2.12. The standard InChI is InChI=1S/C7H10O2S/c1-6(8-2)9-7-3-4-10-5-7/h3-6H,1-2H3. The molecule has 10 heavy (non-hydrogen) atoms. The van der Waals surface area contributed by atoms with Crippen LogP contribution in [0.2, 0.25) is 0 Å². The number of rotatable bonds is 3. The molecule has 0 bridgehead atoms. The van der Waals surface area contributed by atoms with E-state index in [1.54, 1.807) is 18.4 Å². The van der Waals surface area contributed by atoms with Crippen LogP contribution in [-0.4, -0.2) is 13.4 Å². The molecule has 0 aromatic carbocycles. The van der Waals surface area contributed by atoms with Crippen molar-refractivity contribution in [2.45, 2.75) is 13.2 Å². The van der Waals surface area contributed by atoms with Gasteiger partial charge in [0.05, 0.1) is 0 Å². The fourth-order valence-corrected chi connectivity index (χ4v) is 1.12. The Hall–Kier alpha value is -0.540. The third-order valence-corrected chi connectivity index (χ3v) is 1.79. The van der Waals surface area contributed by atoms with Gasteiger partial charge < -0.3 is 9.47 Å². The van der Waals surface area contributed by atoms with E-state index in [0.717, 1.165) is 5.75 Å². The van der Waals surface area contributed by atoms with E-state index in [1.165, 1.54) is 0 Å². The van der Waals surface area contributed by atoms with Crippen molar-refractivity contribution in [1.82, 2.24) is 0 Å². The summed E-state index contributed by atoms with van der Waals surface area (Å²) >= 11 is 1.61. The van der Waals surface area contributed by atoms with Gasteiger partial charge in [0.25, 0.3) is 0 Å². The lowest BCUT2D eigenvalue weighted by atomic mass is 10.6. The van der Waals surface area contributed by atoms with E-state index in [4.69, 9.17) is 9.47 Å². The Morgan fingerprint density at radius 3 is 2.90 bits per heavy atom. The van der Waals surface area contributed by atoms with Crippen LogP contribution in [0, 0.1) is 0 Å². The number of hydrogen-bond acceptors (Lipinski definition) is 3. The van der Waals surface area contributed by atoms with E-state index in [0.29, 0.717) is 0 Å². The Balaban J connectivity index is 2.40. The molecule has 0 aliphatic heterocycles. The first-order chi connectivity index (χ1) is 4.83. The summed E-state index contributed by atoms with van der Waals surface area (Å²) in [6, 6.07) is 1.92. The summed E-state index contributed by atoms with van der Waals surface area (Å²) in [5.41, 5.74) is 0. The Labute approximate surface area is 64.4 Å². The summed E-state index contributed by atoms with van der Waals surface area (Å²) < 4.78 is 10.2. The Kier molecular flexibility index (Phi) is 2.71. The molecular formula is C7H10O2S. The highest BCUT2D eigenvalue weighted by atomic mass is 32.1. The van der Waals surface area contributed by atoms with Crippen molar-refractivity contribution in [2.24, 2.45) is 0 Å². The number of thiophene rings is 1. The van der Waals surface area contributed by atoms with Crippen LogP contribution in [0.4, 0.5) is 0 Å². The molecule has 0 fully saturated rings. The second-order valence-electron chi connectivity index (χ2n) is 1.88. The van der Waals surface area contributed by atoms with Crippen LogP contribution in [0.1, 0.15) is 6.92 Å². The topological polar surface area (TPSA) is 18.5 Å². The molecule has 0 radical (unpaired) electrons.